The van der Waals surface area contributed by atoms with E-state index in [-0.39, 0.29) is 6.04 Å². The molecule has 29 heavy (non-hydrogen) atoms. The molecule has 2 atom stereocenters. The molecule has 0 radical (unpaired) electrons. The molecule has 0 unspecified atom stereocenters. The van der Waals surface area contributed by atoms with Crippen LogP contribution in [-0.4, -0.2) is 39.0 Å². The number of alkyl halides is 3. The number of rotatable bonds is 8. The van der Waals surface area contributed by atoms with Crippen molar-refractivity contribution in [1.82, 2.24) is 10.0 Å². The minimum Gasteiger partial charge on any atom is -0.454 e. The second-order valence-corrected chi connectivity index (χ2v) is 8.90. The Kier molecular flexibility index (Phi) is 7.18. The van der Waals surface area contributed by atoms with E-state index in [2.05, 4.69) is 5.32 Å². The van der Waals surface area contributed by atoms with E-state index in [4.69, 9.17) is 16.3 Å². The zero-order chi connectivity index (χ0) is 22.0. The van der Waals surface area contributed by atoms with Gasteiger partial charge in [0, 0.05) is 6.04 Å². The van der Waals surface area contributed by atoms with Crippen molar-refractivity contribution in [3.63, 3.8) is 0 Å². The van der Waals surface area contributed by atoms with Crippen molar-refractivity contribution in [2.75, 3.05) is 6.61 Å². The number of esters is 1. The molecule has 0 aromatic heterocycles. The molecule has 7 nitrogen and oxygen atoms in total. The van der Waals surface area contributed by atoms with E-state index in [9.17, 15) is 31.2 Å². The fraction of sp³-hybridized carbons (Fsp3) is 0.529. The highest BCUT2D eigenvalue weighted by Gasteiger charge is 2.35. The van der Waals surface area contributed by atoms with Gasteiger partial charge in [-0.2, -0.15) is 17.9 Å². The van der Waals surface area contributed by atoms with Gasteiger partial charge in [0.1, 0.15) is 6.04 Å². The first kappa shape index (κ1) is 23.4. The molecule has 1 aliphatic carbocycles. The van der Waals surface area contributed by atoms with Gasteiger partial charge in [-0.05, 0) is 50.8 Å². The number of amides is 1. The van der Waals surface area contributed by atoms with E-state index in [1.807, 2.05) is 11.6 Å². The average Bonchev–Trinajstić information content (AvgIpc) is 3.43. The maximum absolute atomic E-state index is 12.9. The summed E-state index contributed by atoms with van der Waals surface area (Å²) < 4.78 is 70.0. The molecular formula is C17H20ClF3N2O5S. The maximum Gasteiger partial charge on any atom is 0.417 e. The molecule has 0 saturated heterocycles. The predicted octanol–water partition coefficient (Wildman–Crippen LogP) is 2.48. The van der Waals surface area contributed by atoms with Crippen molar-refractivity contribution in [1.29, 1.82) is 0 Å². The summed E-state index contributed by atoms with van der Waals surface area (Å²) >= 11 is 5.47. The highest BCUT2D eigenvalue weighted by atomic mass is 35.5. The Morgan fingerprint density at radius 3 is 2.45 bits per heavy atom. The van der Waals surface area contributed by atoms with Crippen molar-refractivity contribution in [3.05, 3.63) is 28.8 Å². The number of hydrogen-bond donors (Lipinski definition) is 2. The van der Waals surface area contributed by atoms with Crippen molar-refractivity contribution in [2.24, 2.45) is 5.92 Å². The number of ether oxygens (including phenoxy) is 1. The number of hydrogen-bond acceptors (Lipinski definition) is 5. The van der Waals surface area contributed by atoms with Gasteiger partial charge >= 0.3 is 12.1 Å². The van der Waals surface area contributed by atoms with E-state index >= 15 is 0 Å². The lowest BCUT2D eigenvalue weighted by Gasteiger charge is -2.16. The molecule has 1 aromatic rings. The Hall–Kier alpha value is -1.85. The van der Waals surface area contributed by atoms with Crippen LogP contribution in [0.2, 0.25) is 5.02 Å². The van der Waals surface area contributed by atoms with Gasteiger partial charge in [0.25, 0.3) is 5.91 Å². The summed E-state index contributed by atoms with van der Waals surface area (Å²) in [7, 11) is -4.47. The summed E-state index contributed by atoms with van der Waals surface area (Å²) in [6.07, 6.45) is -2.82. The summed E-state index contributed by atoms with van der Waals surface area (Å²) in [4.78, 5) is 23.0. The number of halogens is 4. The van der Waals surface area contributed by atoms with Crippen molar-refractivity contribution in [3.8, 4) is 0 Å². The molecule has 0 spiro atoms. The van der Waals surface area contributed by atoms with Gasteiger partial charge in [0.15, 0.2) is 6.61 Å². The second kappa shape index (κ2) is 8.88. The lowest BCUT2D eigenvalue weighted by atomic mass is 10.2. The maximum atomic E-state index is 12.9. The fourth-order valence-electron chi connectivity index (χ4n) is 2.51. The molecule has 0 aliphatic heterocycles. The summed E-state index contributed by atoms with van der Waals surface area (Å²) in [6, 6.07) is 0.566. The Balaban J connectivity index is 1.96. The number of nitrogens with one attached hydrogen (secondary N) is 2. The zero-order valence-electron chi connectivity index (χ0n) is 15.5. The standard InChI is InChI=1S/C17H20ClF3N2O5S/c1-9(11-3-4-11)22-15(24)8-28-16(25)10(2)23-29(26,27)12-5-6-14(18)13(7-12)17(19,20)21/h5-7,9-11,23H,3-4,8H2,1-2H3,(H,22,24)/t9-,10+/m1/s1. The zero-order valence-corrected chi connectivity index (χ0v) is 17.1. The molecule has 1 aliphatic rings. The molecule has 0 bridgehead atoms. The molecule has 1 fully saturated rings. The van der Waals surface area contributed by atoms with Crippen LogP contribution in [0.1, 0.15) is 32.3 Å². The lowest BCUT2D eigenvalue weighted by molar-refractivity contribution is -0.150. The summed E-state index contributed by atoms with van der Waals surface area (Å²) in [5.41, 5.74) is -1.32. The molecule has 162 valence electrons. The van der Waals surface area contributed by atoms with Gasteiger partial charge in [0.2, 0.25) is 10.0 Å². The van der Waals surface area contributed by atoms with E-state index in [1.165, 1.54) is 0 Å². The van der Waals surface area contributed by atoms with Gasteiger partial charge in [-0.1, -0.05) is 11.6 Å². The smallest absolute Gasteiger partial charge is 0.417 e. The van der Waals surface area contributed by atoms with Gasteiger partial charge in [-0.3, -0.25) is 9.59 Å². The van der Waals surface area contributed by atoms with Crippen LogP contribution < -0.4 is 10.0 Å². The summed E-state index contributed by atoms with van der Waals surface area (Å²) in [6.45, 7) is 2.38. The molecule has 2 rings (SSSR count). The summed E-state index contributed by atoms with van der Waals surface area (Å²) in [5.74, 6) is -1.17. The average molecular weight is 457 g/mol. The van der Waals surface area contributed by atoms with E-state index in [1.54, 1.807) is 0 Å². The molecule has 12 heteroatoms. The van der Waals surface area contributed by atoms with Gasteiger partial charge in [-0.25, -0.2) is 8.42 Å². The van der Waals surface area contributed by atoms with E-state index in [0.717, 1.165) is 31.9 Å². The van der Waals surface area contributed by atoms with E-state index < -0.39 is 56.2 Å². The highest BCUT2D eigenvalue weighted by molar-refractivity contribution is 7.89. The second-order valence-electron chi connectivity index (χ2n) is 6.78. The SMILES string of the molecule is C[C@H](NS(=O)(=O)c1ccc(Cl)c(C(F)(F)F)c1)C(=O)OCC(=O)N[C@H](C)C1CC1. The first-order valence-corrected chi connectivity index (χ1v) is 10.5. The van der Waals surface area contributed by atoms with Crippen molar-refractivity contribution < 1.29 is 35.9 Å². The topological polar surface area (TPSA) is 102 Å². The van der Waals surface area contributed by atoms with Crippen LogP contribution in [-0.2, 0) is 30.5 Å². The van der Waals surface area contributed by atoms with Gasteiger partial charge < -0.3 is 10.1 Å². The van der Waals surface area contributed by atoms with Crippen LogP contribution >= 0.6 is 11.6 Å². The summed E-state index contributed by atoms with van der Waals surface area (Å²) in [5, 5.41) is 2.00. The molecular weight excluding hydrogens is 437 g/mol. The largest absolute Gasteiger partial charge is 0.454 e. The van der Waals surface area contributed by atoms with Crippen LogP contribution in [0.5, 0.6) is 0 Å². The van der Waals surface area contributed by atoms with Crippen LogP contribution in [0.15, 0.2) is 23.1 Å². The van der Waals surface area contributed by atoms with Gasteiger partial charge in [0.05, 0.1) is 15.5 Å². The normalized spacial score (nSPS) is 16.8. The van der Waals surface area contributed by atoms with Crippen LogP contribution in [0, 0.1) is 5.92 Å². The Morgan fingerprint density at radius 2 is 1.90 bits per heavy atom. The first-order valence-electron chi connectivity index (χ1n) is 8.66. The lowest BCUT2D eigenvalue weighted by Crippen LogP contribution is -2.42. The van der Waals surface area contributed by atoms with Crippen molar-refractivity contribution in [2.45, 2.75) is 49.8 Å². The van der Waals surface area contributed by atoms with Crippen molar-refractivity contribution >= 4 is 33.5 Å². The number of carbonyl (C=O) groups excluding carboxylic acids is 2. The minimum atomic E-state index is -4.85. The Bertz CT molecular complexity index is 888. The molecule has 1 aromatic carbocycles. The number of benzene rings is 1. The number of sulfonamides is 1. The molecule has 1 amide bonds. The first-order chi connectivity index (χ1) is 13.3. The third-order valence-electron chi connectivity index (χ3n) is 4.30. The van der Waals surface area contributed by atoms with Crippen LogP contribution in [0.4, 0.5) is 13.2 Å². The third-order valence-corrected chi connectivity index (χ3v) is 6.17. The number of carbonyl (C=O) groups is 2. The Labute approximate surface area is 171 Å². The van der Waals surface area contributed by atoms with E-state index in [0.29, 0.717) is 12.0 Å². The fourth-order valence-corrected chi connectivity index (χ4v) is 3.95. The monoisotopic (exact) mass is 456 g/mol. The quantitative estimate of drug-likeness (QED) is 0.585. The van der Waals surface area contributed by atoms with Crippen LogP contribution in [0.25, 0.3) is 0 Å². The minimum absolute atomic E-state index is 0.0511. The van der Waals surface area contributed by atoms with Crippen LogP contribution in [0.3, 0.4) is 0 Å². The molecule has 0 heterocycles. The molecule has 1 saturated carbocycles. The molecule has 2 N–H and O–H groups in total. The van der Waals surface area contributed by atoms with Gasteiger partial charge in [-0.15, -0.1) is 0 Å². The third kappa shape index (κ3) is 6.58. The predicted molar refractivity (Wildman–Crippen MR) is 97.5 cm³/mol. The Morgan fingerprint density at radius 1 is 1.28 bits per heavy atom. The highest BCUT2D eigenvalue weighted by Crippen LogP contribution is 2.36.